The van der Waals surface area contributed by atoms with Crippen LogP contribution in [0, 0.1) is 5.92 Å². The Morgan fingerprint density at radius 3 is 1.85 bits per heavy atom. The zero-order valence-electron chi connectivity index (χ0n) is 16.0. The fraction of sp³-hybridized carbons (Fsp3) is 0.600. The number of rotatable bonds is 8. The van der Waals surface area contributed by atoms with Gasteiger partial charge in [-0.2, -0.15) is 16.8 Å². The van der Waals surface area contributed by atoms with E-state index < -0.39 is 54.6 Å². The van der Waals surface area contributed by atoms with Crippen molar-refractivity contribution < 1.29 is 35.5 Å². The van der Waals surface area contributed by atoms with E-state index in [2.05, 4.69) is 23.8 Å². The Kier molecular flexibility index (Phi) is 10.7. The van der Waals surface area contributed by atoms with Crippen molar-refractivity contribution in [2.45, 2.75) is 45.5 Å². The van der Waals surface area contributed by atoms with E-state index in [0.29, 0.717) is 0 Å². The van der Waals surface area contributed by atoms with Crippen LogP contribution in [0.2, 0.25) is 0 Å². The molecule has 158 valence electrons. The topological polar surface area (TPSA) is 167 Å². The van der Waals surface area contributed by atoms with Gasteiger partial charge in [0.25, 0.3) is 20.2 Å². The highest BCUT2D eigenvalue weighted by Crippen LogP contribution is 2.08. The summed E-state index contributed by atoms with van der Waals surface area (Å²) in [6.07, 6.45) is 1.03. The lowest BCUT2D eigenvalue weighted by Crippen LogP contribution is -2.47. The van der Waals surface area contributed by atoms with Gasteiger partial charge in [-0.3, -0.25) is 18.7 Å². The summed E-state index contributed by atoms with van der Waals surface area (Å²) in [6, 6.07) is 0. The molecule has 0 aromatic heterocycles. The van der Waals surface area contributed by atoms with Gasteiger partial charge in [0.05, 0.1) is 11.3 Å². The molecule has 0 aromatic carbocycles. The van der Waals surface area contributed by atoms with Crippen LogP contribution in [-0.2, 0) is 29.8 Å². The molecule has 0 aromatic rings. The molecule has 0 heterocycles. The van der Waals surface area contributed by atoms with Crippen LogP contribution >= 0.6 is 0 Å². The maximum absolute atomic E-state index is 11.1. The second kappa shape index (κ2) is 10.5. The third-order valence-corrected chi connectivity index (χ3v) is 5.17. The minimum atomic E-state index is -4.27. The van der Waals surface area contributed by atoms with Gasteiger partial charge >= 0.3 is 0 Å². The van der Waals surface area contributed by atoms with Gasteiger partial charge in [0.1, 0.15) is 0 Å². The molecule has 0 rings (SSSR count). The molecule has 1 atom stereocenters. The summed E-state index contributed by atoms with van der Waals surface area (Å²) in [5, 5.41) is 3.26. The first-order chi connectivity index (χ1) is 11.8. The average molecular weight is 429 g/mol. The Bertz CT molecular complexity index is 768. The van der Waals surface area contributed by atoms with Gasteiger partial charge in [0.2, 0.25) is 11.8 Å². The Morgan fingerprint density at radius 1 is 1.15 bits per heavy atom. The Labute approximate surface area is 160 Å². The largest absolute Gasteiger partial charge is 0.347 e. The smallest absolute Gasteiger partial charge is 0.286 e. The van der Waals surface area contributed by atoms with Crippen LogP contribution in [0.15, 0.2) is 24.8 Å². The van der Waals surface area contributed by atoms with Gasteiger partial charge < -0.3 is 10.6 Å². The Morgan fingerprint density at radius 2 is 1.59 bits per heavy atom. The van der Waals surface area contributed by atoms with Gasteiger partial charge in [0, 0.05) is 5.57 Å². The monoisotopic (exact) mass is 428 g/mol. The molecule has 2 amide bonds. The molecule has 27 heavy (non-hydrogen) atoms. The molecule has 4 N–H and O–H groups in total. The van der Waals surface area contributed by atoms with Crippen LogP contribution < -0.4 is 10.6 Å². The highest BCUT2D eigenvalue weighted by atomic mass is 32.2. The summed E-state index contributed by atoms with van der Waals surface area (Å²) in [7, 11) is -8.35. The van der Waals surface area contributed by atoms with Gasteiger partial charge in [-0.1, -0.05) is 27.0 Å². The van der Waals surface area contributed by atoms with E-state index in [1.165, 1.54) is 20.8 Å². The number of hydrogen-bond acceptors (Lipinski definition) is 6. The Balaban J connectivity index is 0. The van der Waals surface area contributed by atoms with Gasteiger partial charge in [-0.15, -0.1) is 0 Å². The summed E-state index contributed by atoms with van der Waals surface area (Å²) in [5.74, 6) is -2.00. The van der Waals surface area contributed by atoms with E-state index in [1.54, 1.807) is 13.8 Å². The minimum Gasteiger partial charge on any atom is -0.347 e. The summed E-state index contributed by atoms with van der Waals surface area (Å²) in [6.45, 7) is 14.2. The van der Waals surface area contributed by atoms with Crippen molar-refractivity contribution in [2.24, 2.45) is 5.92 Å². The van der Waals surface area contributed by atoms with Gasteiger partial charge in [-0.25, -0.2) is 0 Å². The standard InChI is InChI=1S/C8H15NO4S.C7H13NO4S/c1-5(2)7(10)9-8(6(3)4)14(11,12)13;1-4-6(9)8-7(2,3)5-13(10,11)12/h6,8H,1H2,2-4H3,(H,9,10)(H,11,12,13);4H,1,5H2,2-3H3,(H,8,9)(H,10,11,12). The van der Waals surface area contributed by atoms with E-state index in [-0.39, 0.29) is 5.57 Å². The quantitative estimate of drug-likeness (QED) is 0.320. The van der Waals surface area contributed by atoms with Crippen molar-refractivity contribution in [1.29, 1.82) is 0 Å². The molecule has 0 fully saturated rings. The highest BCUT2D eigenvalue weighted by Gasteiger charge is 2.28. The molecule has 0 saturated carbocycles. The predicted octanol–water partition coefficient (Wildman–Crippen LogP) is 0.504. The van der Waals surface area contributed by atoms with Crippen molar-refractivity contribution in [1.82, 2.24) is 10.6 Å². The fourth-order valence-electron chi connectivity index (χ4n) is 1.71. The first-order valence-electron chi connectivity index (χ1n) is 7.65. The molecule has 0 aliphatic rings. The van der Waals surface area contributed by atoms with E-state index in [4.69, 9.17) is 9.11 Å². The number of amides is 2. The van der Waals surface area contributed by atoms with Crippen LogP contribution in [0.3, 0.4) is 0 Å². The van der Waals surface area contributed by atoms with E-state index in [1.807, 2.05) is 0 Å². The average Bonchev–Trinajstić information content (AvgIpc) is 2.39. The van der Waals surface area contributed by atoms with Crippen LogP contribution in [0.4, 0.5) is 0 Å². The Hall–Kier alpha value is -1.76. The van der Waals surface area contributed by atoms with E-state index >= 15 is 0 Å². The minimum absolute atomic E-state index is 0.194. The summed E-state index contributed by atoms with van der Waals surface area (Å²) >= 11 is 0. The number of nitrogens with one attached hydrogen (secondary N) is 2. The lowest BCUT2D eigenvalue weighted by Gasteiger charge is -2.23. The molecule has 0 saturated heterocycles. The van der Waals surface area contributed by atoms with Crippen molar-refractivity contribution >= 4 is 32.1 Å². The first kappa shape index (κ1) is 27.5. The maximum atomic E-state index is 11.1. The van der Waals surface area contributed by atoms with E-state index in [9.17, 15) is 26.4 Å². The molecular formula is C15H28N2O8S2. The predicted molar refractivity (Wildman–Crippen MR) is 102 cm³/mol. The SMILES string of the molecule is C=C(C)C(=O)NC(C(C)C)S(=O)(=O)O.C=CC(=O)NC(C)(C)CS(=O)(=O)O. The van der Waals surface area contributed by atoms with E-state index in [0.717, 1.165) is 6.08 Å². The van der Waals surface area contributed by atoms with Crippen molar-refractivity contribution in [3.05, 3.63) is 24.8 Å². The normalized spacial score (nSPS) is 13.0. The lowest BCUT2D eigenvalue weighted by atomic mass is 10.1. The molecule has 0 radical (unpaired) electrons. The third kappa shape index (κ3) is 14.0. The van der Waals surface area contributed by atoms with Crippen LogP contribution in [0.25, 0.3) is 0 Å². The maximum Gasteiger partial charge on any atom is 0.286 e. The van der Waals surface area contributed by atoms with Gasteiger partial charge in [-0.05, 0) is 32.8 Å². The zero-order valence-corrected chi connectivity index (χ0v) is 17.6. The van der Waals surface area contributed by atoms with Crippen LogP contribution in [-0.4, -0.2) is 54.4 Å². The second-order valence-electron chi connectivity index (χ2n) is 6.74. The second-order valence-corrected chi connectivity index (χ2v) is 9.73. The van der Waals surface area contributed by atoms with Crippen molar-refractivity contribution in [3.63, 3.8) is 0 Å². The first-order valence-corrected chi connectivity index (χ1v) is 10.8. The molecule has 10 nitrogen and oxygen atoms in total. The van der Waals surface area contributed by atoms with Crippen molar-refractivity contribution in [2.75, 3.05) is 5.75 Å². The lowest BCUT2D eigenvalue weighted by molar-refractivity contribution is -0.118. The molecule has 0 bridgehead atoms. The molecule has 0 aliphatic heterocycles. The van der Waals surface area contributed by atoms with Gasteiger partial charge in [0.15, 0.2) is 5.37 Å². The summed E-state index contributed by atoms with van der Waals surface area (Å²) in [4.78, 5) is 21.9. The molecule has 1 unspecified atom stereocenters. The molecular weight excluding hydrogens is 400 g/mol. The summed E-state index contributed by atoms with van der Waals surface area (Å²) in [5.41, 5.74) is -0.807. The van der Waals surface area contributed by atoms with Crippen LogP contribution in [0.5, 0.6) is 0 Å². The number of carbonyl (C=O) groups is 2. The summed E-state index contributed by atoms with van der Waals surface area (Å²) < 4.78 is 60.0. The van der Waals surface area contributed by atoms with Crippen molar-refractivity contribution in [3.8, 4) is 0 Å². The zero-order chi connectivity index (χ0) is 22.2. The van der Waals surface area contributed by atoms with Crippen LogP contribution in [0.1, 0.15) is 34.6 Å². The molecule has 0 spiro atoms. The third-order valence-electron chi connectivity index (χ3n) is 2.78. The number of hydrogen-bond donors (Lipinski definition) is 4. The highest BCUT2D eigenvalue weighted by molar-refractivity contribution is 7.86. The molecule has 0 aliphatic carbocycles. The fourth-order valence-corrected chi connectivity index (χ4v) is 3.64. The number of carbonyl (C=O) groups excluding carboxylic acids is 2. The molecule has 12 heteroatoms.